The number of hydrogen-bond acceptors (Lipinski definition) is 9. The van der Waals surface area contributed by atoms with Crippen molar-refractivity contribution in [2.24, 2.45) is 0 Å². The van der Waals surface area contributed by atoms with Crippen molar-refractivity contribution < 1.29 is 48.7 Å². The molecule has 0 aliphatic carbocycles. The molecule has 0 atom stereocenters. The lowest BCUT2D eigenvalue weighted by Gasteiger charge is -2.22. The van der Waals surface area contributed by atoms with E-state index in [4.69, 9.17) is 4.74 Å². The molecule has 0 fully saturated rings. The average molecular weight is 607 g/mol. The first kappa shape index (κ1) is 30.6. The van der Waals surface area contributed by atoms with Crippen molar-refractivity contribution in [2.45, 2.75) is 36.7 Å². The van der Waals surface area contributed by atoms with Crippen LogP contribution in [0.15, 0.2) is 64.4 Å². The molecule has 3 rings (SSSR count). The number of para-hydroxylation sites is 1. The minimum absolute atomic E-state index is 0.0540. The first-order valence-corrected chi connectivity index (χ1v) is 14.3. The molecule has 0 aliphatic heterocycles. The summed E-state index contributed by atoms with van der Waals surface area (Å²) in [6.07, 6.45) is -2.89. The molecule has 17 heteroatoms. The highest BCUT2D eigenvalue weighted by atomic mass is 32.2. The lowest BCUT2D eigenvalue weighted by atomic mass is 10.2. The first-order valence-electron chi connectivity index (χ1n) is 11.1. The second-order valence-electron chi connectivity index (χ2n) is 8.07. The van der Waals surface area contributed by atoms with E-state index in [2.05, 4.69) is 14.7 Å². The van der Waals surface area contributed by atoms with Crippen LogP contribution >= 0.6 is 0 Å². The van der Waals surface area contributed by atoms with Crippen molar-refractivity contribution in [3.63, 3.8) is 0 Å². The van der Waals surface area contributed by atoms with Crippen molar-refractivity contribution in [3.05, 3.63) is 65.9 Å². The maximum Gasteiger partial charge on any atom is 0.387 e. The summed E-state index contributed by atoms with van der Waals surface area (Å²) in [5, 5.41) is 0. The summed E-state index contributed by atoms with van der Waals surface area (Å²) in [7, 11) is -9.30. The molecule has 0 saturated heterocycles. The lowest BCUT2D eigenvalue weighted by Crippen LogP contribution is -2.46. The molecule has 2 aromatic carbocycles. The van der Waals surface area contributed by atoms with Crippen LogP contribution in [-0.4, -0.2) is 58.4 Å². The molecule has 0 saturated carbocycles. The topological polar surface area (TPSA) is 145 Å². The molecule has 1 N–H and O–H groups in total. The summed E-state index contributed by atoms with van der Waals surface area (Å²) in [5.74, 6) is -3.15. The second kappa shape index (κ2) is 12.5. The monoisotopic (exact) mass is 606 g/mol. The molecule has 11 nitrogen and oxygen atoms in total. The number of anilines is 1. The van der Waals surface area contributed by atoms with Gasteiger partial charge in [-0.2, -0.15) is 13.8 Å². The molecule has 2 amide bonds. The number of halogens is 4. The fourth-order valence-corrected chi connectivity index (χ4v) is 5.52. The summed E-state index contributed by atoms with van der Waals surface area (Å²) in [6, 6.07) is 9.18. The number of ether oxygens (including phenoxy) is 2. The van der Waals surface area contributed by atoms with E-state index in [9.17, 15) is 39.2 Å². The van der Waals surface area contributed by atoms with E-state index in [1.807, 2.05) is 0 Å². The van der Waals surface area contributed by atoms with Crippen molar-refractivity contribution >= 4 is 31.8 Å². The molecular formula is C23H22F4N4O7S2. The zero-order valence-electron chi connectivity index (χ0n) is 20.8. The van der Waals surface area contributed by atoms with Gasteiger partial charge in [-0.3, -0.25) is 0 Å². The van der Waals surface area contributed by atoms with Gasteiger partial charge in [0.25, 0.3) is 16.4 Å². The van der Waals surface area contributed by atoms with E-state index in [1.165, 1.54) is 43.3 Å². The maximum absolute atomic E-state index is 13.3. The van der Waals surface area contributed by atoms with Crippen LogP contribution in [0.25, 0.3) is 0 Å². The number of amides is 2. The Hall–Kier alpha value is -3.99. The minimum Gasteiger partial charge on any atom is -0.471 e. The number of carbonyl (C=O) groups is 1. The van der Waals surface area contributed by atoms with Crippen LogP contribution in [0.1, 0.15) is 11.3 Å². The minimum atomic E-state index is -4.94. The molecular weight excluding hydrogens is 584 g/mol. The van der Waals surface area contributed by atoms with Crippen LogP contribution in [-0.2, 0) is 19.9 Å². The van der Waals surface area contributed by atoms with Crippen LogP contribution in [0.5, 0.6) is 11.6 Å². The molecule has 0 unspecified atom stereocenters. The Bertz CT molecular complexity index is 1570. The van der Waals surface area contributed by atoms with Gasteiger partial charge >= 0.3 is 12.6 Å². The number of carbonyl (C=O) groups excluding carboxylic acids is 1. The van der Waals surface area contributed by atoms with Crippen molar-refractivity contribution in [1.29, 1.82) is 0 Å². The molecule has 1 aromatic heterocycles. The Morgan fingerprint density at radius 1 is 0.975 bits per heavy atom. The van der Waals surface area contributed by atoms with Crippen LogP contribution < -0.4 is 19.1 Å². The highest BCUT2D eigenvalue weighted by Gasteiger charge is 2.32. The van der Waals surface area contributed by atoms with Crippen LogP contribution in [0.4, 0.5) is 28.3 Å². The Morgan fingerprint density at radius 3 is 2.25 bits per heavy atom. The maximum atomic E-state index is 13.3. The smallest absolute Gasteiger partial charge is 0.387 e. The number of rotatable bonds is 11. The van der Waals surface area contributed by atoms with E-state index >= 15 is 0 Å². The third-order valence-corrected chi connectivity index (χ3v) is 7.87. The quantitative estimate of drug-likeness (QED) is 0.323. The number of nitrogens with one attached hydrogen (secondary N) is 1. The highest BCUT2D eigenvalue weighted by Crippen LogP contribution is 2.26. The number of aromatic nitrogens is 2. The highest BCUT2D eigenvalue weighted by molar-refractivity contribution is 7.91. The molecule has 1 heterocycles. The third kappa shape index (κ3) is 8.01. The van der Waals surface area contributed by atoms with E-state index in [-0.39, 0.29) is 10.6 Å². The zero-order valence-corrected chi connectivity index (χ0v) is 22.4. The van der Waals surface area contributed by atoms with Gasteiger partial charge in [0.15, 0.2) is 16.4 Å². The summed E-state index contributed by atoms with van der Waals surface area (Å²) < 4.78 is 114. The van der Waals surface area contributed by atoms with E-state index < -0.39 is 73.9 Å². The van der Waals surface area contributed by atoms with Crippen LogP contribution in [0.2, 0.25) is 0 Å². The standard InChI is InChI=1S/C23H22F4N4O7S2/c1-14-7-9-16(10-8-14)39(33,34)13-31(22-28-15(2)11-20(29-22)37-12-19(24)25)23(32)30-40(35,36)18-6-4-3-5-17(18)38-21(26)27/h3-11,19,21H,12-13H2,1-2H3,(H,30,32). The Labute approximate surface area is 226 Å². The van der Waals surface area contributed by atoms with Crippen molar-refractivity contribution in [2.75, 3.05) is 17.4 Å². The largest absolute Gasteiger partial charge is 0.471 e. The van der Waals surface area contributed by atoms with Crippen LogP contribution in [0.3, 0.4) is 0 Å². The van der Waals surface area contributed by atoms with Gasteiger partial charge in [-0.1, -0.05) is 29.8 Å². The summed E-state index contributed by atoms with van der Waals surface area (Å²) >= 11 is 0. The fourth-order valence-electron chi connectivity index (χ4n) is 3.16. The van der Waals surface area contributed by atoms with E-state index in [0.29, 0.717) is 4.90 Å². The van der Waals surface area contributed by atoms with Crippen molar-refractivity contribution in [3.8, 4) is 11.6 Å². The summed E-state index contributed by atoms with van der Waals surface area (Å²) in [5.41, 5.74) is 0.783. The molecule has 0 bridgehead atoms. The number of aryl methyl sites for hydroxylation is 2. The number of alkyl halides is 4. The number of benzene rings is 2. The molecule has 0 aliphatic rings. The van der Waals surface area contributed by atoms with Gasteiger partial charge in [-0.05, 0) is 38.1 Å². The fraction of sp³-hybridized carbons (Fsp3) is 0.261. The van der Waals surface area contributed by atoms with Gasteiger partial charge in [0.1, 0.15) is 16.5 Å². The normalized spacial score (nSPS) is 11.9. The molecule has 0 spiro atoms. The van der Waals surface area contributed by atoms with Crippen LogP contribution in [0, 0.1) is 13.8 Å². The van der Waals surface area contributed by atoms with Gasteiger partial charge in [-0.25, -0.2) is 45.0 Å². The van der Waals surface area contributed by atoms with Gasteiger partial charge in [-0.15, -0.1) is 0 Å². The number of urea groups is 1. The second-order valence-corrected chi connectivity index (χ2v) is 11.7. The third-order valence-electron chi connectivity index (χ3n) is 4.92. The predicted molar refractivity (Wildman–Crippen MR) is 133 cm³/mol. The molecule has 40 heavy (non-hydrogen) atoms. The van der Waals surface area contributed by atoms with Gasteiger partial charge in [0.05, 0.1) is 4.90 Å². The zero-order chi connectivity index (χ0) is 29.7. The number of sulfone groups is 1. The Balaban J connectivity index is 2.05. The molecule has 3 aromatic rings. The predicted octanol–water partition coefficient (Wildman–Crippen LogP) is 3.68. The van der Waals surface area contributed by atoms with Crippen molar-refractivity contribution in [1.82, 2.24) is 14.7 Å². The van der Waals surface area contributed by atoms with Gasteiger partial charge in [0.2, 0.25) is 11.8 Å². The molecule has 216 valence electrons. The van der Waals surface area contributed by atoms with E-state index in [0.717, 1.165) is 23.8 Å². The number of hydrogen-bond donors (Lipinski definition) is 1. The summed E-state index contributed by atoms with van der Waals surface area (Å²) in [6.45, 7) is -1.41. The van der Waals surface area contributed by atoms with Gasteiger partial charge in [0, 0.05) is 11.8 Å². The number of nitrogens with zero attached hydrogens (tertiary/aromatic N) is 3. The SMILES string of the molecule is Cc1ccc(S(=O)(=O)CN(C(=O)NS(=O)(=O)c2ccccc2OC(F)F)c2nc(C)cc(OCC(F)F)n2)cc1. The first-order chi connectivity index (χ1) is 18.7. The average Bonchev–Trinajstić information content (AvgIpc) is 2.85. The summed E-state index contributed by atoms with van der Waals surface area (Å²) in [4.78, 5) is 20.2. The Morgan fingerprint density at radius 2 is 1.62 bits per heavy atom. The van der Waals surface area contributed by atoms with E-state index in [1.54, 1.807) is 11.6 Å². The molecule has 0 radical (unpaired) electrons. The lowest BCUT2D eigenvalue weighted by molar-refractivity contribution is -0.0517. The Kier molecular flexibility index (Phi) is 9.52. The van der Waals surface area contributed by atoms with Gasteiger partial charge < -0.3 is 9.47 Å². The number of sulfonamides is 1.